The lowest BCUT2D eigenvalue weighted by Gasteiger charge is -2.34. The molecule has 0 bridgehead atoms. The number of carbonyl (C=O) groups is 2. The first kappa shape index (κ1) is 24.6. The van der Waals surface area contributed by atoms with Gasteiger partial charge in [-0.3, -0.25) is 9.80 Å². The Hall–Kier alpha value is -2.62. The zero-order valence-corrected chi connectivity index (χ0v) is 19.2. The lowest BCUT2D eigenvalue weighted by molar-refractivity contribution is -0.159. The van der Waals surface area contributed by atoms with Crippen LogP contribution in [0.3, 0.4) is 0 Å². The number of aliphatic carboxylic acids is 2. The summed E-state index contributed by atoms with van der Waals surface area (Å²) in [6.45, 7) is 6.39. The van der Waals surface area contributed by atoms with Gasteiger partial charge in [-0.2, -0.15) is 0 Å². The molecule has 1 saturated heterocycles. The molecule has 0 unspecified atom stereocenters. The van der Waals surface area contributed by atoms with Gasteiger partial charge in [-0.1, -0.05) is 18.2 Å². The number of benzene rings is 2. The third-order valence-corrected chi connectivity index (χ3v) is 5.46. The average molecular weight is 495 g/mol. The molecule has 0 aromatic heterocycles. The molecular weight excluding hydrogens is 468 g/mol. The second-order valence-electron chi connectivity index (χ2n) is 6.98. The lowest BCUT2D eigenvalue weighted by Crippen LogP contribution is -2.45. The Morgan fingerprint density at radius 2 is 1.32 bits per heavy atom. The highest BCUT2D eigenvalue weighted by Crippen LogP contribution is 2.26. The van der Waals surface area contributed by atoms with Crippen molar-refractivity contribution in [3.63, 3.8) is 0 Å². The molecule has 9 heteroatoms. The summed E-state index contributed by atoms with van der Waals surface area (Å²) in [5.74, 6) is -1.85. The second kappa shape index (κ2) is 12.3. The number of hydrogen-bond donors (Lipinski definition) is 2. The van der Waals surface area contributed by atoms with Crippen LogP contribution in [-0.2, 0) is 22.7 Å². The van der Waals surface area contributed by atoms with E-state index in [1.165, 1.54) is 11.1 Å². The predicted octanol–water partition coefficient (Wildman–Crippen LogP) is 2.94. The minimum Gasteiger partial charge on any atom is -0.497 e. The SMILES string of the molecule is COc1ccc(CN2CCN(Cc3ccc(OC)c(Br)c3)CC2)cc1.O=C(O)C(=O)O. The summed E-state index contributed by atoms with van der Waals surface area (Å²) < 4.78 is 11.5. The van der Waals surface area contributed by atoms with Gasteiger partial charge in [-0.15, -0.1) is 0 Å². The van der Waals surface area contributed by atoms with Crippen LogP contribution in [0.5, 0.6) is 11.5 Å². The minimum absolute atomic E-state index is 0.882. The normalized spacial score (nSPS) is 14.3. The van der Waals surface area contributed by atoms with Gasteiger partial charge in [-0.05, 0) is 51.3 Å². The molecule has 0 amide bonds. The van der Waals surface area contributed by atoms with Crippen molar-refractivity contribution in [3.05, 3.63) is 58.1 Å². The third kappa shape index (κ3) is 8.20. The first-order valence-electron chi connectivity index (χ1n) is 9.68. The number of methoxy groups -OCH3 is 2. The van der Waals surface area contributed by atoms with Crippen molar-refractivity contribution in [1.29, 1.82) is 0 Å². The monoisotopic (exact) mass is 494 g/mol. The van der Waals surface area contributed by atoms with Gasteiger partial charge in [0.25, 0.3) is 0 Å². The number of piperazine rings is 1. The van der Waals surface area contributed by atoms with Crippen LogP contribution in [0.4, 0.5) is 0 Å². The smallest absolute Gasteiger partial charge is 0.414 e. The molecule has 168 valence electrons. The molecule has 0 saturated carbocycles. The summed E-state index contributed by atoms with van der Waals surface area (Å²) >= 11 is 3.57. The molecule has 2 aromatic rings. The average Bonchev–Trinajstić information content (AvgIpc) is 2.76. The minimum atomic E-state index is -1.82. The second-order valence-corrected chi connectivity index (χ2v) is 7.83. The van der Waals surface area contributed by atoms with E-state index in [1.54, 1.807) is 14.2 Å². The number of nitrogens with zero attached hydrogens (tertiary/aromatic N) is 2. The highest BCUT2D eigenvalue weighted by Gasteiger charge is 2.17. The highest BCUT2D eigenvalue weighted by molar-refractivity contribution is 9.10. The van der Waals surface area contributed by atoms with Gasteiger partial charge in [0.05, 0.1) is 18.7 Å². The van der Waals surface area contributed by atoms with E-state index < -0.39 is 11.9 Å². The Morgan fingerprint density at radius 1 is 0.839 bits per heavy atom. The van der Waals surface area contributed by atoms with Crippen molar-refractivity contribution in [2.75, 3.05) is 40.4 Å². The van der Waals surface area contributed by atoms with Crippen molar-refractivity contribution < 1.29 is 29.3 Å². The van der Waals surface area contributed by atoms with E-state index in [0.717, 1.165) is 55.2 Å². The molecule has 8 nitrogen and oxygen atoms in total. The first-order valence-corrected chi connectivity index (χ1v) is 10.5. The summed E-state index contributed by atoms with van der Waals surface area (Å²) in [7, 11) is 3.40. The molecule has 0 radical (unpaired) electrons. The van der Waals surface area contributed by atoms with E-state index in [0.29, 0.717) is 0 Å². The number of hydrogen-bond acceptors (Lipinski definition) is 6. The van der Waals surface area contributed by atoms with Crippen molar-refractivity contribution in [2.45, 2.75) is 13.1 Å². The van der Waals surface area contributed by atoms with Gasteiger partial charge in [-0.25, -0.2) is 9.59 Å². The summed E-state index contributed by atoms with van der Waals surface area (Å²) in [5, 5.41) is 14.8. The predicted molar refractivity (Wildman–Crippen MR) is 120 cm³/mol. The third-order valence-electron chi connectivity index (χ3n) is 4.84. The lowest BCUT2D eigenvalue weighted by atomic mass is 10.1. The standard InChI is InChI=1S/C20H25BrN2O2.C2H2O4/c1-24-18-6-3-16(4-7-18)14-22-9-11-23(12-10-22)15-17-5-8-20(25-2)19(21)13-17;3-1(4)2(5)6/h3-8,13H,9-12,14-15H2,1-2H3;(H,3,4)(H,5,6). The number of carboxylic acids is 2. The van der Waals surface area contributed by atoms with Crippen LogP contribution >= 0.6 is 15.9 Å². The van der Waals surface area contributed by atoms with Crippen molar-refractivity contribution in [1.82, 2.24) is 9.80 Å². The maximum absolute atomic E-state index is 9.10. The van der Waals surface area contributed by atoms with Crippen LogP contribution in [0.15, 0.2) is 46.9 Å². The van der Waals surface area contributed by atoms with Crippen LogP contribution in [0.2, 0.25) is 0 Å². The maximum Gasteiger partial charge on any atom is 0.414 e. The van der Waals surface area contributed by atoms with Crippen molar-refractivity contribution in [2.24, 2.45) is 0 Å². The molecule has 2 aromatic carbocycles. The van der Waals surface area contributed by atoms with Crippen LogP contribution in [0.25, 0.3) is 0 Å². The maximum atomic E-state index is 9.10. The van der Waals surface area contributed by atoms with E-state index in [9.17, 15) is 0 Å². The topological polar surface area (TPSA) is 99.5 Å². The van der Waals surface area contributed by atoms with Crippen LogP contribution in [-0.4, -0.2) is 72.4 Å². The molecule has 0 spiro atoms. The van der Waals surface area contributed by atoms with E-state index >= 15 is 0 Å². The fourth-order valence-corrected chi connectivity index (χ4v) is 3.75. The highest BCUT2D eigenvalue weighted by atomic mass is 79.9. The Bertz CT molecular complexity index is 855. The Morgan fingerprint density at radius 3 is 1.74 bits per heavy atom. The van der Waals surface area contributed by atoms with E-state index in [-0.39, 0.29) is 0 Å². The number of halogens is 1. The Labute approximate surface area is 190 Å². The summed E-state index contributed by atoms with van der Waals surface area (Å²) in [6.07, 6.45) is 0. The van der Waals surface area contributed by atoms with Gasteiger partial charge >= 0.3 is 11.9 Å². The molecule has 0 atom stereocenters. The quantitative estimate of drug-likeness (QED) is 0.591. The number of rotatable bonds is 6. The van der Waals surface area contributed by atoms with Gasteiger partial charge in [0, 0.05) is 39.3 Å². The summed E-state index contributed by atoms with van der Waals surface area (Å²) in [5.41, 5.74) is 2.66. The van der Waals surface area contributed by atoms with Gasteiger partial charge in [0.2, 0.25) is 0 Å². The summed E-state index contributed by atoms with van der Waals surface area (Å²) in [6, 6.07) is 14.7. The largest absolute Gasteiger partial charge is 0.497 e. The Balaban J connectivity index is 0.000000501. The molecule has 0 aliphatic carbocycles. The molecule has 31 heavy (non-hydrogen) atoms. The van der Waals surface area contributed by atoms with E-state index in [2.05, 4.69) is 50.0 Å². The first-order chi connectivity index (χ1) is 14.8. The number of ether oxygens (including phenoxy) is 2. The fraction of sp³-hybridized carbons (Fsp3) is 0.364. The van der Waals surface area contributed by atoms with E-state index in [4.69, 9.17) is 29.3 Å². The Kier molecular flexibility index (Phi) is 9.77. The van der Waals surface area contributed by atoms with Crippen LogP contribution in [0, 0.1) is 0 Å². The molecule has 1 fully saturated rings. The zero-order valence-electron chi connectivity index (χ0n) is 17.6. The summed E-state index contributed by atoms with van der Waals surface area (Å²) in [4.78, 5) is 23.2. The number of carboxylic acid groups (broad SMARTS) is 2. The molecular formula is C22H27BrN2O6. The molecule has 2 N–H and O–H groups in total. The molecule has 1 heterocycles. The van der Waals surface area contributed by atoms with Gasteiger partial charge < -0.3 is 19.7 Å². The van der Waals surface area contributed by atoms with Crippen molar-refractivity contribution >= 4 is 27.9 Å². The van der Waals surface area contributed by atoms with Crippen LogP contribution in [0.1, 0.15) is 11.1 Å². The van der Waals surface area contributed by atoms with Crippen LogP contribution < -0.4 is 9.47 Å². The fourth-order valence-electron chi connectivity index (χ4n) is 3.16. The molecule has 3 rings (SSSR count). The van der Waals surface area contributed by atoms with Gasteiger partial charge in [0.15, 0.2) is 0 Å². The molecule has 1 aliphatic rings. The van der Waals surface area contributed by atoms with E-state index in [1.807, 2.05) is 18.2 Å². The van der Waals surface area contributed by atoms with Crippen molar-refractivity contribution in [3.8, 4) is 11.5 Å². The zero-order chi connectivity index (χ0) is 22.8. The molecule has 1 aliphatic heterocycles. The van der Waals surface area contributed by atoms with Gasteiger partial charge in [0.1, 0.15) is 11.5 Å².